The van der Waals surface area contributed by atoms with E-state index in [4.69, 9.17) is 17.3 Å². The molecule has 1 aromatic heterocycles. The summed E-state index contributed by atoms with van der Waals surface area (Å²) in [5.41, 5.74) is 4.66. The van der Waals surface area contributed by atoms with Crippen molar-refractivity contribution >= 4 is 17.4 Å². The largest absolute Gasteiger partial charge is 0.382 e. The number of hydrogen-bond acceptors (Lipinski definition) is 3. The van der Waals surface area contributed by atoms with Crippen molar-refractivity contribution in [2.24, 2.45) is 0 Å². The molecule has 0 atom stereocenters. The lowest BCUT2D eigenvalue weighted by atomic mass is 10.1. The van der Waals surface area contributed by atoms with Crippen molar-refractivity contribution in [1.29, 1.82) is 0 Å². The van der Waals surface area contributed by atoms with Gasteiger partial charge in [-0.1, -0.05) is 11.6 Å². The Bertz CT molecular complexity index is 378. The Labute approximate surface area is 81.3 Å². The molecule has 13 heavy (non-hydrogen) atoms. The van der Waals surface area contributed by atoms with Crippen molar-refractivity contribution in [3.05, 3.63) is 21.7 Å². The van der Waals surface area contributed by atoms with Crippen molar-refractivity contribution in [2.75, 3.05) is 5.73 Å². The fourth-order valence-electron chi connectivity index (χ4n) is 0.926. The molecule has 0 unspecified atom stereocenters. The smallest absolute Gasteiger partial charge is 0.350 e. The molecule has 0 aliphatic heterocycles. The minimum atomic E-state index is -0.380. The summed E-state index contributed by atoms with van der Waals surface area (Å²) in [6, 6.07) is 0. The topological polar surface area (TPSA) is 60.9 Å². The van der Waals surface area contributed by atoms with Gasteiger partial charge in [0.25, 0.3) is 0 Å². The summed E-state index contributed by atoms with van der Waals surface area (Å²) in [6.45, 7) is 5.67. The molecule has 0 saturated heterocycles. The fraction of sp³-hybridized carbons (Fsp3) is 0.500. The van der Waals surface area contributed by atoms with Crippen molar-refractivity contribution in [3.8, 4) is 0 Å². The standard InChI is InChI=1S/C8H12ClN3O/c1-8(2,3)12-4-5(9)6(10)11-7(12)13/h4H,1-3H3,(H2,10,11,13). The number of hydrogen-bond donors (Lipinski definition) is 1. The summed E-state index contributed by atoms with van der Waals surface area (Å²) in [6.07, 6.45) is 1.51. The van der Waals surface area contributed by atoms with Gasteiger partial charge in [-0.2, -0.15) is 4.98 Å². The minimum Gasteiger partial charge on any atom is -0.382 e. The van der Waals surface area contributed by atoms with Crippen molar-refractivity contribution in [1.82, 2.24) is 9.55 Å². The molecule has 0 fully saturated rings. The highest BCUT2D eigenvalue weighted by atomic mass is 35.5. The van der Waals surface area contributed by atoms with Gasteiger partial charge in [-0.15, -0.1) is 0 Å². The molecule has 72 valence electrons. The quantitative estimate of drug-likeness (QED) is 0.687. The summed E-state index contributed by atoms with van der Waals surface area (Å²) in [7, 11) is 0. The second kappa shape index (κ2) is 3.03. The van der Waals surface area contributed by atoms with E-state index in [1.807, 2.05) is 20.8 Å². The van der Waals surface area contributed by atoms with Gasteiger partial charge in [-0.25, -0.2) is 4.79 Å². The minimum absolute atomic E-state index is 0.0761. The Hall–Kier alpha value is -1.03. The number of nitrogen functional groups attached to an aromatic ring is 1. The maximum absolute atomic E-state index is 11.4. The van der Waals surface area contributed by atoms with Crippen LogP contribution in [0.5, 0.6) is 0 Å². The van der Waals surface area contributed by atoms with Crippen LogP contribution in [0.15, 0.2) is 11.0 Å². The molecular formula is C8H12ClN3O. The average Bonchev–Trinajstić information content (AvgIpc) is 1.94. The average molecular weight is 202 g/mol. The maximum atomic E-state index is 11.4. The predicted octanol–water partition coefficient (Wildman–Crippen LogP) is 1.23. The van der Waals surface area contributed by atoms with Crippen LogP contribution in [-0.2, 0) is 5.54 Å². The van der Waals surface area contributed by atoms with E-state index in [0.717, 1.165) is 0 Å². The summed E-state index contributed by atoms with van der Waals surface area (Å²) in [5.74, 6) is 0.0761. The van der Waals surface area contributed by atoms with Crippen LogP contribution in [0.4, 0.5) is 5.82 Å². The normalized spacial score (nSPS) is 11.7. The second-order valence-corrected chi connectivity index (χ2v) is 4.20. The lowest BCUT2D eigenvalue weighted by molar-refractivity contribution is 0.378. The van der Waals surface area contributed by atoms with Gasteiger partial charge in [0.2, 0.25) is 0 Å². The number of nitrogens with zero attached hydrogens (tertiary/aromatic N) is 2. The number of anilines is 1. The van der Waals surface area contributed by atoms with E-state index in [1.54, 1.807) is 0 Å². The summed E-state index contributed by atoms with van der Waals surface area (Å²) in [4.78, 5) is 14.9. The van der Waals surface area contributed by atoms with E-state index in [0.29, 0.717) is 5.02 Å². The number of rotatable bonds is 0. The van der Waals surface area contributed by atoms with E-state index < -0.39 is 0 Å². The molecular weight excluding hydrogens is 190 g/mol. The maximum Gasteiger partial charge on any atom is 0.350 e. The summed E-state index contributed by atoms with van der Waals surface area (Å²) < 4.78 is 1.45. The lowest BCUT2D eigenvalue weighted by Gasteiger charge is -2.21. The molecule has 0 aliphatic rings. The first-order valence-electron chi connectivity index (χ1n) is 3.87. The van der Waals surface area contributed by atoms with E-state index >= 15 is 0 Å². The third-order valence-corrected chi connectivity index (χ3v) is 1.92. The monoisotopic (exact) mass is 201 g/mol. The first kappa shape index (κ1) is 10.1. The highest BCUT2D eigenvalue weighted by Crippen LogP contribution is 2.17. The Morgan fingerprint density at radius 1 is 1.54 bits per heavy atom. The molecule has 0 amide bonds. The first-order chi connectivity index (χ1) is 5.82. The van der Waals surface area contributed by atoms with Crippen molar-refractivity contribution in [3.63, 3.8) is 0 Å². The van der Waals surface area contributed by atoms with Gasteiger partial charge in [0, 0.05) is 11.7 Å². The van der Waals surface area contributed by atoms with Crippen LogP contribution >= 0.6 is 11.6 Å². The Morgan fingerprint density at radius 3 is 2.54 bits per heavy atom. The van der Waals surface area contributed by atoms with Gasteiger partial charge in [-0.3, -0.25) is 4.57 Å². The molecule has 0 radical (unpaired) electrons. The van der Waals surface area contributed by atoms with Gasteiger partial charge in [0.05, 0.1) is 5.02 Å². The van der Waals surface area contributed by atoms with Gasteiger partial charge in [-0.05, 0) is 20.8 Å². The van der Waals surface area contributed by atoms with Gasteiger partial charge < -0.3 is 5.73 Å². The van der Waals surface area contributed by atoms with E-state index in [9.17, 15) is 4.79 Å². The molecule has 0 aromatic carbocycles. The third kappa shape index (κ3) is 2.01. The van der Waals surface area contributed by atoms with E-state index in [1.165, 1.54) is 10.8 Å². The second-order valence-electron chi connectivity index (χ2n) is 3.80. The summed E-state index contributed by atoms with van der Waals surface area (Å²) in [5, 5.41) is 0.300. The number of halogens is 1. The van der Waals surface area contributed by atoms with Crippen molar-refractivity contribution < 1.29 is 0 Å². The zero-order valence-electron chi connectivity index (χ0n) is 7.84. The molecule has 4 nitrogen and oxygen atoms in total. The molecule has 1 rings (SSSR count). The molecule has 1 heterocycles. The van der Waals surface area contributed by atoms with Crippen molar-refractivity contribution in [2.45, 2.75) is 26.3 Å². The first-order valence-corrected chi connectivity index (χ1v) is 4.25. The number of aromatic nitrogens is 2. The van der Waals surface area contributed by atoms with Crippen LogP contribution in [-0.4, -0.2) is 9.55 Å². The molecule has 0 saturated carbocycles. The predicted molar refractivity (Wildman–Crippen MR) is 52.9 cm³/mol. The highest BCUT2D eigenvalue weighted by Gasteiger charge is 2.16. The highest BCUT2D eigenvalue weighted by molar-refractivity contribution is 6.32. The molecule has 2 N–H and O–H groups in total. The van der Waals surface area contributed by atoms with Crippen LogP contribution in [0.25, 0.3) is 0 Å². The SMILES string of the molecule is CC(C)(C)n1cc(Cl)c(N)nc1=O. The zero-order valence-corrected chi connectivity index (χ0v) is 8.59. The zero-order chi connectivity index (χ0) is 10.2. The van der Waals surface area contributed by atoms with Gasteiger partial charge >= 0.3 is 5.69 Å². The van der Waals surface area contributed by atoms with Crippen LogP contribution < -0.4 is 11.4 Å². The molecule has 0 spiro atoms. The fourth-order valence-corrected chi connectivity index (χ4v) is 1.07. The Morgan fingerprint density at radius 2 is 2.08 bits per heavy atom. The van der Waals surface area contributed by atoms with Gasteiger partial charge in [0.1, 0.15) is 5.82 Å². The molecule has 5 heteroatoms. The molecule has 0 bridgehead atoms. The van der Waals surface area contributed by atoms with E-state index in [2.05, 4.69) is 4.98 Å². The summed E-state index contributed by atoms with van der Waals surface area (Å²) >= 11 is 5.74. The molecule has 1 aromatic rings. The van der Waals surface area contributed by atoms with Gasteiger partial charge in [0.15, 0.2) is 0 Å². The lowest BCUT2D eigenvalue weighted by Crippen LogP contribution is -2.35. The Balaban J connectivity index is 3.41. The third-order valence-electron chi connectivity index (χ3n) is 1.63. The number of nitrogens with two attached hydrogens (primary N) is 1. The van der Waals surface area contributed by atoms with Crippen LogP contribution in [0.3, 0.4) is 0 Å². The van der Waals surface area contributed by atoms with Crippen LogP contribution in [0.2, 0.25) is 5.02 Å². The van der Waals surface area contributed by atoms with Crippen LogP contribution in [0.1, 0.15) is 20.8 Å². The van der Waals surface area contributed by atoms with E-state index in [-0.39, 0.29) is 17.0 Å². The van der Waals surface area contributed by atoms with Crippen LogP contribution in [0, 0.1) is 0 Å². The molecule has 0 aliphatic carbocycles. The Kier molecular flexibility index (Phi) is 2.34.